The maximum absolute atomic E-state index is 3.00. The molecular formula is C19H47N3Si2. The maximum Gasteiger partial charge on any atom is 0.195 e. The molecular weight excluding hydrogens is 326 g/mol. The smallest absolute Gasteiger partial charge is 0.195 e. The van der Waals surface area contributed by atoms with Crippen LogP contribution in [0.3, 0.4) is 0 Å². The van der Waals surface area contributed by atoms with E-state index in [1.165, 1.54) is 13.0 Å². The van der Waals surface area contributed by atoms with Crippen molar-refractivity contribution in [3.63, 3.8) is 0 Å². The Labute approximate surface area is 156 Å². The predicted molar refractivity (Wildman–Crippen MR) is 116 cm³/mol. The minimum atomic E-state index is -1.71. The van der Waals surface area contributed by atoms with Gasteiger partial charge in [-0.05, 0) is 63.3 Å². The average Bonchev–Trinajstić information content (AvgIpc) is 2.31. The summed E-state index contributed by atoms with van der Waals surface area (Å²) in [5.74, 6) is 0. The molecule has 0 saturated carbocycles. The summed E-state index contributed by atoms with van der Waals surface area (Å²) in [6, 6.07) is 2.40. The summed E-state index contributed by atoms with van der Waals surface area (Å²) >= 11 is 0. The lowest BCUT2D eigenvalue weighted by Gasteiger charge is -2.58. The Morgan fingerprint density at radius 3 is 1.00 bits per heavy atom. The summed E-state index contributed by atoms with van der Waals surface area (Å²) in [5.41, 5.74) is 0. The number of hydrogen-bond acceptors (Lipinski definition) is 3. The van der Waals surface area contributed by atoms with Crippen LogP contribution in [-0.4, -0.2) is 60.9 Å². The van der Waals surface area contributed by atoms with Crippen molar-refractivity contribution in [3.05, 3.63) is 0 Å². The van der Waals surface area contributed by atoms with Gasteiger partial charge in [0.05, 0.1) is 0 Å². The van der Waals surface area contributed by atoms with Crippen molar-refractivity contribution in [2.24, 2.45) is 0 Å². The van der Waals surface area contributed by atoms with Crippen LogP contribution in [0.5, 0.6) is 0 Å². The number of hydrogen-bond donors (Lipinski definition) is 0. The van der Waals surface area contributed by atoms with Crippen LogP contribution < -0.4 is 0 Å². The Morgan fingerprint density at radius 1 is 0.583 bits per heavy atom. The van der Waals surface area contributed by atoms with Gasteiger partial charge in [0.1, 0.15) is 0 Å². The summed E-state index contributed by atoms with van der Waals surface area (Å²) in [4.78, 5) is 0. The van der Waals surface area contributed by atoms with Crippen molar-refractivity contribution in [1.82, 2.24) is 13.4 Å². The van der Waals surface area contributed by atoms with Gasteiger partial charge in [-0.15, -0.1) is 0 Å². The van der Waals surface area contributed by atoms with Gasteiger partial charge in [0, 0.05) is 0 Å². The minimum Gasteiger partial charge on any atom is -0.322 e. The van der Waals surface area contributed by atoms with Gasteiger partial charge in [-0.1, -0.05) is 62.3 Å². The molecule has 0 fully saturated rings. The zero-order valence-electron chi connectivity index (χ0n) is 19.1. The second-order valence-corrected chi connectivity index (χ2v) is 17.9. The van der Waals surface area contributed by atoms with Gasteiger partial charge in [-0.25, -0.2) is 0 Å². The van der Waals surface area contributed by atoms with Crippen LogP contribution in [0, 0.1) is 0 Å². The van der Waals surface area contributed by atoms with Crippen molar-refractivity contribution in [3.8, 4) is 0 Å². The fraction of sp³-hybridized carbons (Fsp3) is 1.00. The molecule has 3 nitrogen and oxygen atoms in total. The molecule has 0 aromatic rings. The van der Waals surface area contributed by atoms with E-state index in [9.17, 15) is 0 Å². The third-order valence-corrected chi connectivity index (χ3v) is 16.2. The fourth-order valence-electron chi connectivity index (χ4n) is 5.44. The monoisotopic (exact) mass is 373 g/mol. The highest BCUT2D eigenvalue weighted by Crippen LogP contribution is 2.31. The summed E-state index contributed by atoms with van der Waals surface area (Å²) in [7, 11) is -3.43. The molecule has 0 amide bonds. The SMILES string of the molecule is CCCN([Si](C)(C)N(C(C)C)C(C)C)[Si](C)(C)N(C(C)C)C(C)C. The molecule has 0 spiro atoms. The first-order valence-electron chi connectivity index (χ1n) is 10.1. The van der Waals surface area contributed by atoms with E-state index in [1.807, 2.05) is 0 Å². The molecule has 0 heterocycles. The quantitative estimate of drug-likeness (QED) is 0.479. The molecule has 0 aromatic carbocycles. The molecule has 0 aliphatic heterocycles. The Morgan fingerprint density at radius 2 is 0.833 bits per heavy atom. The molecule has 0 saturated heterocycles. The molecule has 0 radical (unpaired) electrons. The number of rotatable bonds is 10. The van der Waals surface area contributed by atoms with E-state index in [4.69, 9.17) is 0 Å². The van der Waals surface area contributed by atoms with E-state index in [-0.39, 0.29) is 0 Å². The Kier molecular flexibility index (Phi) is 9.43. The Balaban J connectivity index is 6.07. The second-order valence-electron chi connectivity index (χ2n) is 9.33. The first kappa shape index (κ1) is 24.3. The predicted octanol–water partition coefficient (Wildman–Crippen LogP) is 5.34. The van der Waals surface area contributed by atoms with Gasteiger partial charge in [0.15, 0.2) is 16.8 Å². The molecule has 0 N–H and O–H groups in total. The molecule has 0 unspecified atom stereocenters. The van der Waals surface area contributed by atoms with E-state index in [2.05, 4.69) is 102 Å². The van der Waals surface area contributed by atoms with Gasteiger partial charge >= 0.3 is 0 Å². The molecule has 0 aliphatic rings. The van der Waals surface area contributed by atoms with Crippen LogP contribution in [0.25, 0.3) is 0 Å². The largest absolute Gasteiger partial charge is 0.322 e. The minimum absolute atomic E-state index is 0.599. The van der Waals surface area contributed by atoms with Crippen LogP contribution in [-0.2, 0) is 0 Å². The van der Waals surface area contributed by atoms with Crippen molar-refractivity contribution >= 4 is 16.8 Å². The zero-order chi connectivity index (χ0) is 19.5. The fourth-order valence-corrected chi connectivity index (χ4v) is 18.6. The van der Waals surface area contributed by atoms with Crippen LogP contribution in [0.15, 0.2) is 0 Å². The summed E-state index contributed by atoms with van der Waals surface area (Å²) < 4.78 is 8.66. The summed E-state index contributed by atoms with van der Waals surface area (Å²) in [6.07, 6.45) is 1.24. The van der Waals surface area contributed by atoms with E-state index in [1.54, 1.807) is 0 Å². The normalized spacial score (nSPS) is 14.5. The molecule has 0 aliphatic carbocycles. The maximum atomic E-state index is 3.00. The topological polar surface area (TPSA) is 9.72 Å². The molecule has 0 bridgehead atoms. The van der Waals surface area contributed by atoms with Crippen LogP contribution in [0.4, 0.5) is 0 Å². The lowest BCUT2D eigenvalue weighted by Crippen LogP contribution is -2.77. The first-order valence-corrected chi connectivity index (χ1v) is 15.9. The highest BCUT2D eigenvalue weighted by molar-refractivity contribution is 6.88. The first-order chi connectivity index (χ1) is 10.7. The molecule has 5 heteroatoms. The Bertz CT molecular complexity index is 318. The van der Waals surface area contributed by atoms with Crippen LogP contribution in [0.2, 0.25) is 26.2 Å². The van der Waals surface area contributed by atoms with E-state index in [0.29, 0.717) is 24.2 Å². The highest BCUT2D eigenvalue weighted by Gasteiger charge is 2.49. The highest BCUT2D eigenvalue weighted by atomic mass is 28.4. The Hall–Kier alpha value is 0.314. The summed E-state index contributed by atoms with van der Waals surface area (Å²) in [6.45, 7) is 32.9. The second kappa shape index (κ2) is 9.31. The van der Waals surface area contributed by atoms with Gasteiger partial charge in [-0.2, -0.15) is 0 Å². The van der Waals surface area contributed by atoms with Gasteiger partial charge < -0.3 is 13.4 Å². The molecule has 0 rings (SSSR count). The summed E-state index contributed by atoms with van der Waals surface area (Å²) in [5, 5.41) is 0. The van der Waals surface area contributed by atoms with E-state index < -0.39 is 16.8 Å². The lowest BCUT2D eigenvalue weighted by atomic mass is 10.3. The van der Waals surface area contributed by atoms with Gasteiger partial charge in [0.2, 0.25) is 0 Å². The van der Waals surface area contributed by atoms with Crippen molar-refractivity contribution in [2.75, 3.05) is 6.54 Å². The van der Waals surface area contributed by atoms with Gasteiger partial charge in [0.25, 0.3) is 0 Å². The molecule has 0 atom stereocenters. The standard InChI is InChI=1S/C19H47N3Si2/c1-14-15-20(23(10,11)21(16(2)3)17(4)5)24(12,13)22(18(6)7)19(8)9/h16-19H,14-15H2,1-13H3. The number of nitrogens with zero attached hydrogens (tertiary/aromatic N) is 3. The van der Waals surface area contributed by atoms with Crippen LogP contribution in [0.1, 0.15) is 68.7 Å². The van der Waals surface area contributed by atoms with Crippen molar-refractivity contribution < 1.29 is 0 Å². The molecule has 0 aromatic heterocycles. The lowest BCUT2D eigenvalue weighted by molar-refractivity contribution is 0.244. The third kappa shape index (κ3) is 5.40. The zero-order valence-corrected chi connectivity index (χ0v) is 21.1. The third-order valence-electron chi connectivity index (χ3n) is 5.26. The molecule has 24 heavy (non-hydrogen) atoms. The van der Waals surface area contributed by atoms with Crippen molar-refractivity contribution in [1.29, 1.82) is 0 Å². The van der Waals surface area contributed by atoms with E-state index >= 15 is 0 Å². The van der Waals surface area contributed by atoms with Crippen molar-refractivity contribution in [2.45, 2.75) is 119 Å². The molecule has 146 valence electrons. The van der Waals surface area contributed by atoms with Crippen LogP contribution >= 0.6 is 0 Å². The van der Waals surface area contributed by atoms with E-state index in [0.717, 1.165) is 0 Å². The van der Waals surface area contributed by atoms with Gasteiger partial charge in [-0.3, -0.25) is 0 Å². The average molecular weight is 374 g/mol.